The lowest BCUT2D eigenvalue weighted by Gasteiger charge is -2.26. The lowest BCUT2D eigenvalue weighted by atomic mass is 10.0. The highest BCUT2D eigenvalue weighted by molar-refractivity contribution is 7.98. The fraction of sp³-hybridized carbons (Fsp3) is 0.343. The van der Waals surface area contributed by atoms with Gasteiger partial charge in [0, 0.05) is 48.3 Å². The van der Waals surface area contributed by atoms with Crippen LogP contribution in [0.5, 0.6) is 5.75 Å². The topological polar surface area (TPSA) is 288 Å². The van der Waals surface area contributed by atoms with Crippen LogP contribution in [0.4, 0.5) is 0 Å². The largest absolute Gasteiger partial charge is 0.508 e. The van der Waals surface area contributed by atoms with E-state index in [-0.39, 0.29) is 31.4 Å². The number of hydrogen-bond acceptors (Lipinski definition) is 10. The number of amides is 5. The van der Waals surface area contributed by atoms with E-state index in [2.05, 4.69) is 36.2 Å². The van der Waals surface area contributed by atoms with Gasteiger partial charge in [0.15, 0.2) is 0 Å². The number of carbonyl (C=O) groups is 6. The number of carboxylic acids is 1. The van der Waals surface area contributed by atoms with Gasteiger partial charge in [-0.1, -0.05) is 30.3 Å². The van der Waals surface area contributed by atoms with Crippen molar-refractivity contribution in [3.8, 4) is 5.75 Å². The van der Waals surface area contributed by atoms with Crippen LogP contribution in [0.15, 0.2) is 67.3 Å². The predicted molar refractivity (Wildman–Crippen MR) is 196 cm³/mol. The van der Waals surface area contributed by atoms with E-state index in [4.69, 9.17) is 11.5 Å². The number of primary amides is 1. The second-order valence-electron chi connectivity index (χ2n) is 12.4. The van der Waals surface area contributed by atoms with Gasteiger partial charge in [0.1, 0.15) is 29.9 Å². The van der Waals surface area contributed by atoms with Crippen LogP contribution in [-0.2, 0) is 48.0 Å². The van der Waals surface area contributed by atoms with Crippen molar-refractivity contribution in [2.45, 2.75) is 62.3 Å². The number of phenolic OH excluding ortho intramolecular Hbond substituents is 1. The highest BCUT2D eigenvalue weighted by atomic mass is 32.2. The third-order valence-corrected chi connectivity index (χ3v) is 8.98. The number of aliphatic carboxylic acids is 1. The smallest absolute Gasteiger partial charge is 0.326 e. The van der Waals surface area contributed by atoms with Crippen LogP contribution in [0.1, 0.15) is 29.7 Å². The van der Waals surface area contributed by atoms with Crippen molar-refractivity contribution < 1.29 is 39.0 Å². The number of nitrogens with zero attached hydrogens (tertiary/aromatic N) is 1. The van der Waals surface area contributed by atoms with E-state index in [0.717, 1.165) is 10.9 Å². The molecule has 0 saturated carbocycles. The zero-order valence-electron chi connectivity index (χ0n) is 28.8. The average Bonchev–Trinajstić information content (AvgIpc) is 3.79. The molecule has 2 aromatic carbocycles. The number of imidazole rings is 1. The van der Waals surface area contributed by atoms with Crippen molar-refractivity contribution in [3.63, 3.8) is 0 Å². The molecule has 5 atom stereocenters. The Morgan fingerprint density at radius 3 is 2.08 bits per heavy atom. The number of rotatable bonds is 20. The molecule has 4 aromatic rings. The van der Waals surface area contributed by atoms with E-state index < -0.39 is 72.1 Å². The number of benzene rings is 2. The third-order valence-electron chi connectivity index (χ3n) is 8.34. The number of carbonyl (C=O) groups excluding carboxylic acids is 5. The first kappa shape index (κ1) is 39.9. The van der Waals surface area contributed by atoms with Crippen LogP contribution >= 0.6 is 11.8 Å². The van der Waals surface area contributed by atoms with E-state index in [1.165, 1.54) is 36.4 Å². The molecule has 0 bridgehead atoms. The zero-order chi connectivity index (χ0) is 38.5. The molecule has 17 nitrogen and oxygen atoms in total. The number of thioether (sulfide) groups is 1. The standard InChI is InChI=1S/C35H43N9O8S/c1-53-11-10-26(32(48)44-29(35(51)52)14-21-17-38-18-40-21)41-34(50)28(13-20-16-39-25-5-3-2-4-23(20)25)43-33(49)27(12-19-6-8-22(45)9-7-19)42-31(47)24(36)15-30(37)46/h2-9,16-18,24,26-29,39,45H,10-15,36H2,1H3,(H2,37,46)(H,38,40)(H,41,50)(H,42,47)(H,43,49)(H,44,48)(H,51,52)/t24-,26-,27-,28-,29-/m0/s1. The normalized spacial score (nSPS) is 13.9. The fourth-order valence-corrected chi connectivity index (χ4v) is 6.00. The van der Waals surface area contributed by atoms with Gasteiger partial charge in [-0.2, -0.15) is 11.8 Å². The lowest BCUT2D eigenvalue weighted by Crippen LogP contribution is -2.59. The summed E-state index contributed by atoms with van der Waals surface area (Å²) in [6, 6.07) is 6.77. The van der Waals surface area contributed by atoms with Gasteiger partial charge in [0.25, 0.3) is 0 Å². The molecule has 0 radical (unpaired) electrons. The second kappa shape index (κ2) is 19.1. The molecule has 4 rings (SSSR count). The Kier molecular flexibility index (Phi) is 14.4. The third kappa shape index (κ3) is 11.8. The van der Waals surface area contributed by atoms with Crippen LogP contribution in [0, 0.1) is 0 Å². The van der Waals surface area contributed by atoms with Crippen LogP contribution in [0.25, 0.3) is 10.9 Å². The molecular formula is C35H43N9O8S. The molecule has 0 aliphatic carbocycles. The van der Waals surface area contributed by atoms with Crippen molar-refractivity contribution in [3.05, 3.63) is 84.1 Å². The van der Waals surface area contributed by atoms with Gasteiger partial charge in [-0.3, -0.25) is 24.0 Å². The van der Waals surface area contributed by atoms with Gasteiger partial charge in [0.05, 0.1) is 18.8 Å². The molecule has 0 unspecified atom stereocenters. The van der Waals surface area contributed by atoms with Crippen molar-refractivity contribution in [1.29, 1.82) is 0 Å². The van der Waals surface area contributed by atoms with Gasteiger partial charge in [0.2, 0.25) is 29.5 Å². The summed E-state index contributed by atoms with van der Waals surface area (Å²) in [6.07, 6.45) is 5.78. The summed E-state index contributed by atoms with van der Waals surface area (Å²) in [4.78, 5) is 88.0. The Bertz CT molecular complexity index is 1880. The number of carboxylic acid groups (broad SMARTS) is 1. The molecule has 0 spiro atoms. The number of fused-ring (bicyclic) bond motifs is 1. The second-order valence-corrected chi connectivity index (χ2v) is 13.3. The minimum absolute atomic E-state index is 0.0196. The van der Waals surface area contributed by atoms with Crippen LogP contribution in [-0.4, -0.2) is 103 Å². The Labute approximate surface area is 308 Å². The molecule has 0 aliphatic heterocycles. The molecule has 53 heavy (non-hydrogen) atoms. The maximum Gasteiger partial charge on any atom is 0.326 e. The SMILES string of the molecule is CSCC[C@H](NC(=O)[C@H](Cc1c[nH]c2ccccc12)NC(=O)[C@H](Cc1ccc(O)cc1)NC(=O)[C@@H](N)CC(N)=O)C(=O)N[C@@H](Cc1cnc[nH]1)C(=O)O. The average molecular weight is 750 g/mol. The van der Waals surface area contributed by atoms with Crippen molar-refractivity contribution in [1.82, 2.24) is 36.2 Å². The fourth-order valence-electron chi connectivity index (χ4n) is 5.53. The van der Waals surface area contributed by atoms with Gasteiger partial charge < -0.3 is 52.9 Å². The number of aromatic nitrogens is 3. The van der Waals surface area contributed by atoms with Crippen molar-refractivity contribution >= 4 is 58.2 Å². The van der Waals surface area contributed by atoms with Gasteiger partial charge in [-0.25, -0.2) is 9.78 Å². The number of nitrogens with two attached hydrogens (primary N) is 2. The molecular weight excluding hydrogens is 707 g/mol. The first-order valence-electron chi connectivity index (χ1n) is 16.6. The quantitative estimate of drug-likeness (QED) is 0.0555. The van der Waals surface area contributed by atoms with Gasteiger partial charge in [-0.15, -0.1) is 0 Å². The molecule has 282 valence electrons. The maximum atomic E-state index is 14.1. The van der Waals surface area contributed by atoms with E-state index in [1.807, 2.05) is 30.5 Å². The van der Waals surface area contributed by atoms with E-state index in [1.54, 1.807) is 18.3 Å². The molecule has 2 heterocycles. The zero-order valence-corrected chi connectivity index (χ0v) is 29.7. The highest BCUT2D eigenvalue weighted by Gasteiger charge is 2.33. The first-order valence-corrected chi connectivity index (χ1v) is 18.0. The number of hydrogen-bond donors (Lipinski definition) is 10. The van der Waals surface area contributed by atoms with Crippen LogP contribution in [0.3, 0.4) is 0 Å². The predicted octanol–water partition coefficient (Wildman–Crippen LogP) is -0.396. The number of H-pyrrole nitrogens is 2. The summed E-state index contributed by atoms with van der Waals surface area (Å²) in [6.45, 7) is 0. The minimum Gasteiger partial charge on any atom is -0.508 e. The summed E-state index contributed by atoms with van der Waals surface area (Å²) in [5, 5.41) is 30.8. The van der Waals surface area contributed by atoms with Gasteiger partial charge >= 0.3 is 5.97 Å². The molecule has 0 fully saturated rings. The summed E-state index contributed by atoms with van der Waals surface area (Å²) in [5.74, 6) is -4.80. The summed E-state index contributed by atoms with van der Waals surface area (Å²) < 4.78 is 0. The number of nitrogens with one attached hydrogen (secondary N) is 6. The van der Waals surface area contributed by atoms with E-state index in [9.17, 15) is 39.0 Å². The molecule has 2 aromatic heterocycles. The number of phenols is 1. The highest BCUT2D eigenvalue weighted by Crippen LogP contribution is 2.20. The monoisotopic (exact) mass is 749 g/mol. The molecule has 18 heteroatoms. The Hall–Kier alpha value is -5.88. The molecule has 5 amide bonds. The molecule has 12 N–H and O–H groups in total. The molecule has 0 saturated heterocycles. The van der Waals surface area contributed by atoms with E-state index in [0.29, 0.717) is 22.6 Å². The maximum absolute atomic E-state index is 14.1. The van der Waals surface area contributed by atoms with Crippen molar-refractivity contribution in [2.75, 3.05) is 12.0 Å². The van der Waals surface area contributed by atoms with E-state index >= 15 is 0 Å². The first-order chi connectivity index (χ1) is 25.3. The number of para-hydroxylation sites is 1. The summed E-state index contributed by atoms with van der Waals surface area (Å²) in [7, 11) is 0. The number of aromatic amines is 2. The summed E-state index contributed by atoms with van der Waals surface area (Å²) in [5.41, 5.74) is 13.5. The summed E-state index contributed by atoms with van der Waals surface area (Å²) >= 11 is 1.42. The van der Waals surface area contributed by atoms with Crippen LogP contribution in [0.2, 0.25) is 0 Å². The Morgan fingerprint density at radius 1 is 0.811 bits per heavy atom. The lowest BCUT2D eigenvalue weighted by molar-refractivity contribution is -0.142. The van der Waals surface area contributed by atoms with Crippen molar-refractivity contribution in [2.24, 2.45) is 11.5 Å². The Morgan fingerprint density at radius 2 is 1.43 bits per heavy atom. The minimum atomic E-state index is -1.36. The van der Waals surface area contributed by atoms with Gasteiger partial charge in [-0.05, 0) is 47.8 Å². The number of aromatic hydroxyl groups is 1. The Balaban J connectivity index is 1.62. The molecule has 0 aliphatic rings. The van der Waals surface area contributed by atoms with Crippen LogP contribution < -0.4 is 32.7 Å².